The topological polar surface area (TPSA) is 57.8 Å². The number of aryl methyl sites for hydroxylation is 1. The Kier molecular flexibility index (Phi) is 3.64. The standard InChI is InChI=1S/C9H15N3O/c1-3-8-11-7(6-10-4-2)5-9(13)12-8/h5,10H,3-4,6H2,1-2H3,(H,11,12,13). The van der Waals surface area contributed by atoms with Gasteiger partial charge in [0.1, 0.15) is 5.82 Å². The third-order valence-corrected chi connectivity index (χ3v) is 1.73. The molecule has 1 heterocycles. The molecule has 4 heteroatoms. The Labute approximate surface area is 77.4 Å². The minimum absolute atomic E-state index is 0.0697. The first-order valence-electron chi connectivity index (χ1n) is 4.56. The highest BCUT2D eigenvalue weighted by Crippen LogP contribution is 1.92. The summed E-state index contributed by atoms with van der Waals surface area (Å²) in [6.45, 7) is 5.53. The Morgan fingerprint density at radius 2 is 2.31 bits per heavy atom. The van der Waals surface area contributed by atoms with Gasteiger partial charge in [0, 0.05) is 19.0 Å². The molecule has 0 fully saturated rings. The van der Waals surface area contributed by atoms with E-state index < -0.39 is 0 Å². The molecule has 2 N–H and O–H groups in total. The molecule has 0 radical (unpaired) electrons. The number of nitrogens with one attached hydrogen (secondary N) is 2. The highest BCUT2D eigenvalue weighted by Gasteiger charge is 1.98. The molecule has 0 atom stereocenters. The highest BCUT2D eigenvalue weighted by molar-refractivity contribution is 5.02. The fourth-order valence-corrected chi connectivity index (χ4v) is 1.07. The lowest BCUT2D eigenvalue weighted by Gasteiger charge is -2.02. The minimum Gasteiger partial charge on any atom is -0.311 e. The summed E-state index contributed by atoms with van der Waals surface area (Å²) in [6, 6.07) is 1.53. The lowest BCUT2D eigenvalue weighted by Crippen LogP contribution is -2.18. The van der Waals surface area contributed by atoms with Crippen molar-refractivity contribution in [3.8, 4) is 0 Å². The molecule has 0 saturated carbocycles. The van der Waals surface area contributed by atoms with Crippen LogP contribution in [-0.4, -0.2) is 16.5 Å². The van der Waals surface area contributed by atoms with E-state index in [2.05, 4.69) is 15.3 Å². The molecule has 0 amide bonds. The zero-order valence-corrected chi connectivity index (χ0v) is 8.05. The molecule has 13 heavy (non-hydrogen) atoms. The number of aromatic amines is 1. The average molecular weight is 181 g/mol. The quantitative estimate of drug-likeness (QED) is 0.708. The molecular formula is C9H15N3O. The second kappa shape index (κ2) is 4.77. The van der Waals surface area contributed by atoms with E-state index in [-0.39, 0.29) is 5.56 Å². The average Bonchev–Trinajstić information content (AvgIpc) is 2.14. The van der Waals surface area contributed by atoms with Crippen LogP contribution in [0.4, 0.5) is 0 Å². The fourth-order valence-electron chi connectivity index (χ4n) is 1.07. The molecule has 0 aliphatic heterocycles. The van der Waals surface area contributed by atoms with E-state index in [0.29, 0.717) is 6.54 Å². The first kappa shape index (κ1) is 9.92. The van der Waals surface area contributed by atoms with Crippen LogP contribution in [0.5, 0.6) is 0 Å². The Hall–Kier alpha value is -1.16. The van der Waals surface area contributed by atoms with Gasteiger partial charge in [-0.1, -0.05) is 13.8 Å². The molecule has 1 rings (SSSR count). The summed E-state index contributed by atoms with van der Waals surface area (Å²) in [5.74, 6) is 0.750. The second-order valence-corrected chi connectivity index (χ2v) is 2.82. The van der Waals surface area contributed by atoms with Crippen LogP contribution in [0.25, 0.3) is 0 Å². The Morgan fingerprint density at radius 3 is 2.92 bits per heavy atom. The third-order valence-electron chi connectivity index (χ3n) is 1.73. The van der Waals surface area contributed by atoms with Crippen LogP contribution in [0.1, 0.15) is 25.4 Å². The monoisotopic (exact) mass is 181 g/mol. The van der Waals surface area contributed by atoms with Crippen molar-refractivity contribution in [1.82, 2.24) is 15.3 Å². The molecule has 0 spiro atoms. The molecule has 0 bridgehead atoms. The second-order valence-electron chi connectivity index (χ2n) is 2.82. The third kappa shape index (κ3) is 2.99. The predicted molar refractivity (Wildman–Crippen MR) is 51.6 cm³/mol. The van der Waals surface area contributed by atoms with Crippen molar-refractivity contribution in [2.75, 3.05) is 6.54 Å². The van der Waals surface area contributed by atoms with E-state index in [0.717, 1.165) is 24.5 Å². The maximum atomic E-state index is 11.1. The number of nitrogens with zero attached hydrogens (tertiary/aromatic N) is 1. The van der Waals surface area contributed by atoms with Gasteiger partial charge in [0.25, 0.3) is 5.56 Å². The normalized spacial score (nSPS) is 10.3. The maximum Gasteiger partial charge on any atom is 0.251 e. The summed E-state index contributed by atoms with van der Waals surface area (Å²) in [6.07, 6.45) is 0.759. The Bertz CT molecular complexity index is 319. The van der Waals surface area contributed by atoms with Crippen molar-refractivity contribution in [3.05, 3.63) is 27.9 Å². The zero-order valence-electron chi connectivity index (χ0n) is 8.05. The summed E-state index contributed by atoms with van der Waals surface area (Å²) in [4.78, 5) is 18.1. The van der Waals surface area contributed by atoms with Crippen LogP contribution < -0.4 is 10.9 Å². The number of H-pyrrole nitrogens is 1. The molecule has 4 nitrogen and oxygen atoms in total. The highest BCUT2D eigenvalue weighted by atomic mass is 16.1. The fraction of sp³-hybridized carbons (Fsp3) is 0.556. The molecule has 0 unspecified atom stereocenters. The molecule has 1 aromatic rings. The maximum absolute atomic E-state index is 11.1. The SMILES string of the molecule is CCNCc1cc(=O)[nH]c(CC)n1. The van der Waals surface area contributed by atoms with Crippen LogP contribution in [0.2, 0.25) is 0 Å². The van der Waals surface area contributed by atoms with Crippen LogP contribution in [-0.2, 0) is 13.0 Å². The van der Waals surface area contributed by atoms with Gasteiger partial charge in [-0.05, 0) is 6.54 Å². The molecule has 0 saturated heterocycles. The number of rotatable bonds is 4. The van der Waals surface area contributed by atoms with Gasteiger partial charge in [-0.2, -0.15) is 0 Å². The Balaban J connectivity index is 2.82. The van der Waals surface area contributed by atoms with Crippen molar-refractivity contribution in [2.24, 2.45) is 0 Å². The van der Waals surface area contributed by atoms with Crippen LogP contribution in [0.15, 0.2) is 10.9 Å². The van der Waals surface area contributed by atoms with Crippen molar-refractivity contribution in [2.45, 2.75) is 26.8 Å². The van der Waals surface area contributed by atoms with Gasteiger partial charge in [-0.3, -0.25) is 4.79 Å². The summed E-state index contributed by atoms with van der Waals surface area (Å²) >= 11 is 0. The van der Waals surface area contributed by atoms with E-state index in [1.54, 1.807) is 0 Å². The van der Waals surface area contributed by atoms with Crippen molar-refractivity contribution in [3.63, 3.8) is 0 Å². The molecular weight excluding hydrogens is 166 g/mol. The number of hydrogen-bond acceptors (Lipinski definition) is 3. The van der Waals surface area contributed by atoms with E-state index in [1.807, 2.05) is 13.8 Å². The minimum atomic E-state index is -0.0697. The molecule has 0 aromatic carbocycles. The van der Waals surface area contributed by atoms with Gasteiger partial charge in [0.15, 0.2) is 0 Å². The number of aromatic nitrogens is 2. The molecule has 72 valence electrons. The first-order chi connectivity index (χ1) is 6.26. The van der Waals surface area contributed by atoms with Gasteiger partial charge in [-0.15, -0.1) is 0 Å². The first-order valence-corrected chi connectivity index (χ1v) is 4.56. The summed E-state index contributed by atoms with van der Waals surface area (Å²) < 4.78 is 0. The smallest absolute Gasteiger partial charge is 0.251 e. The molecule has 0 aliphatic rings. The number of hydrogen-bond donors (Lipinski definition) is 2. The lowest BCUT2D eigenvalue weighted by atomic mass is 10.3. The van der Waals surface area contributed by atoms with Crippen LogP contribution in [0, 0.1) is 0 Å². The predicted octanol–water partition coefficient (Wildman–Crippen LogP) is 0.442. The van der Waals surface area contributed by atoms with Gasteiger partial charge in [0.2, 0.25) is 0 Å². The van der Waals surface area contributed by atoms with Gasteiger partial charge >= 0.3 is 0 Å². The molecule has 0 aliphatic carbocycles. The van der Waals surface area contributed by atoms with Crippen molar-refractivity contribution < 1.29 is 0 Å². The lowest BCUT2D eigenvalue weighted by molar-refractivity contribution is 0.699. The van der Waals surface area contributed by atoms with Crippen LogP contribution >= 0.6 is 0 Å². The van der Waals surface area contributed by atoms with E-state index in [9.17, 15) is 4.79 Å². The largest absolute Gasteiger partial charge is 0.311 e. The van der Waals surface area contributed by atoms with E-state index in [1.165, 1.54) is 6.07 Å². The van der Waals surface area contributed by atoms with Gasteiger partial charge in [0.05, 0.1) is 5.69 Å². The van der Waals surface area contributed by atoms with Crippen molar-refractivity contribution in [1.29, 1.82) is 0 Å². The summed E-state index contributed by atoms with van der Waals surface area (Å²) in [7, 11) is 0. The summed E-state index contributed by atoms with van der Waals surface area (Å²) in [5.41, 5.74) is 0.738. The van der Waals surface area contributed by atoms with E-state index >= 15 is 0 Å². The Morgan fingerprint density at radius 1 is 1.54 bits per heavy atom. The van der Waals surface area contributed by atoms with Crippen molar-refractivity contribution >= 4 is 0 Å². The van der Waals surface area contributed by atoms with Gasteiger partial charge in [-0.25, -0.2) is 4.98 Å². The van der Waals surface area contributed by atoms with E-state index in [4.69, 9.17) is 0 Å². The van der Waals surface area contributed by atoms with Gasteiger partial charge < -0.3 is 10.3 Å². The van der Waals surface area contributed by atoms with Crippen LogP contribution in [0.3, 0.4) is 0 Å². The molecule has 1 aromatic heterocycles. The summed E-state index contributed by atoms with van der Waals surface area (Å²) in [5, 5.41) is 3.13. The zero-order chi connectivity index (χ0) is 9.68.